The molecule has 0 bridgehead atoms. The molecule has 1 heterocycles. The quantitative estimate of drug-likeness (QED) is 0.345. The molecule has 11 heteroatoms. The number of carboxylic acid groups (broad SMARTS) is 1. The molecule has 0 unspecified atom stereocenters. The second-order valence-corrected chi connectivity index (χ2v) is 7.73. The molecule has 1 aliphatic rings. The Morgan fingerprint density at radius 1 is 1.10 bits per heavy atom. The van der Waals surface area contributed by atoms with Gasteiger partial charge in [-0.15, -0.1) is 0 Å². The van der Waals surface area contributed by atoms with Gasteiger partial charge < -0.3 is 15.3 Å². The van der Waals surface area contributed by atoms with Gasteiger partial charge in [-0.1, -0.05) is 11.6 Å². The summed E-state index contributed by atoms with van der Waals surface area (Å²) in [7, 11) is 0. The van der Waals surface area contributed by atoms with Gasteiger partial charge in [0.2, 0.25) is 0 Å². The maximum Gasteiger partial charge on any atom is 0.337 e. The summed E-state index contributed by atoms with van der Waals surface area (Å²) >= 11 is 11.0. The molecule has 0 spiro atoms. The molecule has 0 aromatic heterocycles. The van der Waals surface area contributed by atoms with Gasteiger partial charge in [0.1, 0.15) is 0 Å². The number of nitrogens with zero attached hydrogens (tertiary/aromatic N) is 2. The molecule has 1 saturated heterocycles. The number of benzene rings is 2. The van der Waals surface area contributed by atoms with Gasteiger partial charge in [0.05, 0.1) is 26.8 Å². The number of aromatic carboxylic acids is 1. The average molecular weight is 463 g/mol. The monoisotopic (exact) mass is 462 g/mol. The van der Waals surface area contributed by atoms with Crippen molar-refractivity contribution in [3.05, 3.63) is 62.7 Å². The number of carboxylic acids is 1. The van der Waals surface area contributed by atoms with Crippen molar-refractivity contribution in [2.45, 2.75) is 19.3 Å². The topological polar surface area (TPSA) is 125 Å². The van der Waals surface area contributed by atoms with Crippen molar-refractivity contribution in [2.75, 3.05) is 23.3 Å². The highest BCUT2D eigenvalue weighted by Crippen LogP contribution is 2.28. The Kier molecular flexibility index (Phi) is 7.03. The summed E-state index contributed by atoms with van der Waals surface area (Å²) in [6.07, 6.45) is 3.04. The van der Waals surface area contributed by atoms with Crippen molar-refractivity contribution in [2.24, 2.45) is 0 Å². The number of nitro benzene ring substituents is 1. The lowest BCUT2D eigenvalue weighted by Gasteiger charge is -2.30. The maximum atomic E-state index is 12.9. The number of halogens is 1. The third kappa shape index (κ3) is 5.47. The van der Waals surface area contributed by atoms with E-state index >= 15 is 0 Å². The van der Waals surface area contributed by atoms with Gasteiger partial charge in [0, 0.05) is 30.9 Å². The van der Waals surface area contributed by atoms with E-state index in [1.165, 1.54) is 30.3 Å². The Hall–Kier alpha value is -3.24. The number of rotatable bonds is 5. The van der Waals surface area contributed by atoms with Crippen LogP contribution in [0, 0.1) is 10.1 Å². The molecule has 3 rings (SSSR count). The maximum absolute atomic E-state index is 12.9. The first-order valence-electron chi connectivity index (χ1n) is 9.45. The van der Waals surface area contributed by atoms with Crippen molar-refractivity contribution in [3.8, 4) is 0 Å². The molecular formula is C20H19ClN4O5S. The zero-order valence-electron chi connectivity index (χ0n) is 16.3. The fraction of sp³-hybridized carbons (Fsp3) is 0.250. The number of hydrogen-bond acceptors (Lipinski definition) is 6. The molecule has 1 amide bonds. The van der Waals surface area contributed by atoms with E-state index in [2.05, 4.69) is 10.6 Å². The number of nitrogens with one attached hydrogen (secondary N) is 2. The summed E-state index contributed by atoms with van der Waals surface area (Å²) in [5.41, 5.74) is 0.746. The van der Waals surface area contributed by atoms with E-state index in [0.29, 0.717) is 11.4 Å². The molecule has 2 aromatic rings. The van der Waals surface area contributed by atoms with Crippen molar-refractivity contribution in [1.29, 1.82) is 0 Å². The lowest BCUT2D eigenvalue weighted by atomic mass is 10.1. The summed E-state index contributed by atoms with van der Waals surface area (Å²) in [4.78, 5) is 36.8. The highest BCUT2D eigenvalue weighted by molar-refractivity contribution is 7.80. The summed E-state index contributed by atoms with van der Waals surface area (Å²) in [5.74, 6) is -1.81. The van der Waals surface area contributed by atoms with E-state index in [-0.39, 0.29) is 26.9 Å². The molecule has 0 saturated carbocycles. The van der Waals surface area contributed by atoms with Crippen LogP contribution in [0.2, 0.25) is 5.02 Å². The summed E-state index contributed by atoms with van der Waals surface area (Å²) in [6.45, 7) is 1.51. The van der Waals surface area contributed by atoms with Crippen molar-refractivity contribution in [1.82, 2.24) is 5.32 Å². The molecule has 9 nitrogen and oxygen atoms in total. The number of anilines is 2. The Bertz CT molecular complexity index is 1060. The highest BCUT2D eigenvalue weighted by atomic mass is 35.5. The SMILES string of the molecule is O=C(O)c1cc(NC(=S)NC(=O)c2cc([N+](=O)[O-])ccc2N2CCCCC2)ccc1Cl. The standard InChI is InChI=1S/C20H19ClN4O5S/c21-16-6-4-12(10-14(16)19(27)28)22-20(31)23-18(26)15-11-13(25(29)30)5-7-17(15)24-8-2-1-3-9-24/h4-7,10-11H,1-3,8-9H2,(H,27,28)(H2,22,23,26,31). The number of amides is 1. The molecule has 0 aliphatic carbocycles. The van der Waals surface area contributed by atoms with Crippen LogP contribution in [0.15, 0.2) is 36.4 Å². The smallest absolute Gasteiger partial charge is 0.337 e. The third-order valence-electron chi connectivity index (χ3n) is 4.81. The van der Waals surface area contributed by atoms with Crippen LogP contribution in [0.3, 0.4) is 0 Å². The van der Waals surface area contributed by atoms with Crippen LogP contribution < -0.4 is 15.5 Å². The number of nitro groups is 1. The van der Waals surface area contributed by atoms with E-state index in [1.54, 1.807) is 6.07 Å². The summed E-state index contributed by atoms with van der Waals surface area (Å²) in [6, 6.07) is 8.38. The molecule has 3 N–H and O–H groups in total. The first kappa shape index (κ1) is 22.4. The zero-order chi connectivity index (χ0) is 22.5. The number of thiocarbonyl (C=S) groups is 1. The normalized spacial score (nSPS) is 13.4. The lowest BCUT2D eigenvalue weighted by Crippen LogP contribution is -2.36. The largest absolute Gasteiger partial charge is 0.478 e. The van der Waals surface area contributed by atoms with E-state index in [4.69, 9.17) is 28.9 Å². The van der Waals surface area contributed by atoms with Crippen LogP contribution in [0.4, 0.5) is 17.1 Å². The Morgan fingerprint density at radius 2 is 1.81 bits per heavy atom. The van der Waals surface area contributed by atoms with E-state index in [1.807, 2.05) is 4.90 Å². The third-order valence-corrected chi connectivity index (χ3v) is 5.35. The minimum Gasteiger partial charge on any atom is -0.478 e. The Balaban J connectivity index is 1.81. The second kappa shape index (κ2) is 9.71. The predicted octanol–water partition coefficient (Wildman–Crippen LogP) is 4.06. The van der Waals surface area contributed by atoms with Gasteiger partial charge in [-0.05, 0) is 55.7 Å². The summed E-state index contributed by atoms with van der Waals surface area (Å²) < 4.78 is 0. The number of non-ortho nitro benzene ring substituents is 1. The predicted molar refractivity (Wildman–Crippen MR) is 121 cm³/mol. The number of carbonyl (C=O) groups excluding carboxylic acids is 1. The minimum atomic E-state index is -1.20. The van der Waals surface area contributed by atoms with E-state index in [9.17, 15) is 19.7 Å². The van der Waals surface area contributed by atoms with Crippen LogP contribution in [0.25, 0.3) is 0 Å². The zero-order valence-corrected chi connectivity index (χ0v) is 17.8. The molecule has 0 atom stereocenters. The van der Waals surface area contributed by atoms with Crippen LogP contribution in [0.1, 0.15) is 40.0 Å². The van der Waals surface area contributed by atoms with Gasteiger partial charge in [0.25, 0.3) is 11.6 Å². The van der Waals surface area contributed by atoms with Crippen LogP contribution in [0.5, 0.6) is 0 Å². The first-order chi connectivity index (χ1) is 14.8. The minimum absolute atomic E-state index is 0.0655. The van der Waals surface area contributed by atoms with Crippen molar-refractivity contribution < 1.29 is 19.6 Å². The number of piperidine rings is 1. The number of hydrogen-bond donors (Lipinski definition) is 3. The van der Waals surface area contributed by atoms with E-state index < -0.39 is 16.8 Å². The van der Waals surface area contributed by atoms with Crippen LogP contribution in [-0.4, -0.2) is 40.1 Å². The molecule has 31 heavy (non-hydrogen) atoms. The second-order valence-electron chi connectivity index (χ2n) is 6.91. The van der Waals surface area contributed by atoms with Crippen molar-refractivity contribution in [3.63, 3.8) is 0 Å². The lowest BCUT2D eigenvalue weighted by molar-refractivity contribution is -0.384. The molecular weight excluding hydrogens is 444 g/mol. The Morgan fingerprint density at radius 3 is 2.45 bits per heavy atom. The molecule has 1 aliphatic heterocycles. The van der Waals surface area contributed by atoms with Crippen LogP contribution >= 0.6 is 23.8 Å². The molecule has 2 aromatic carbocycles. The molecule has 0 radical (unpaired) electrons. The molecule has 162 valence electrons. The van der Waals surface area contributed by atoms with Gasteiger partial charge in [0.15, 0.2) is 5.11 Å². The Labute approximate surface area is 188 Å². The first-order valence-corrected chi connectivity index (χ1v) is 10.2. The van der Waals surface area contributed by atoms with Crippen LogP contribution in [-0.2, 0) is 0 Å². The van der Waals surface area contributed by atoms with Crippen molar-refractivity contribution >= 4 is 57.9 Å². The molecule has 1 fully saturated rings. The number of carbonyl (C=O) groups is 2. The highest BCUT2D eigenvalue weighted by Gasteiger charge is 2.22. The van der Waals surface area contributed by atoms with Gasteiger partial charge in [-0.2, -0.15) is 0 Å². The van der Waals surface area contributed by atoms with E-state index in [0.717, 1.165) is 32.4 Å². The van der Waals surface area contributed by atoms with Gasteiger partial charge in [-0.25, -0.2) is 4.79 Å². The fourth-order valence-corrected chi connectivity index (χ4v) is 3.74. The van der Waals surface area contributed by atoms with Gasteiger partial charge >= 0.3 is 5.97 Å². The van der Waals surface area contributed by atoms with Gasteiger partial charge in [-0.3, -0.25) is 20.2 Å². The fourth-order valence-electron chi connectivity index (χ4n) is 3.33. The average Bonchev–Trinajstić information content (AvgIpc) is 2.75. The summed E-state index contributed by atoms with van der Waals surface area (Å²) in [5, 5.41) is 25.6.